The number of hydrogen-bond donors (Lipinski definition) is 1. The smallest absolute Gasteiger partial charge is 0.312 e. The number of fused-ring (bicyclic) bond motifs is 3. The van der Waals surface area contributed by atoms with Crippen molar-refractivity contribution in [3.05, 3.63) is 102 Å². The average Bonchev–Trinajstić information content (AvgIpc) is 3.46. The van der Waals surface area contributed by atoms with Gasteiger partial charge >= 0.3 is 10.1 Å². The molecule has 0 unspecified atom stereocenters. The molecule has 3 heterocycles. The predicted octanol–water partition coefficient (Wildman–Crippen LogP) is 6.41. The SMILES string of the molecule is O=S(=O)(O)c1ccccn1.[Ir].[c-]1cc2oc3ccccc3c2cc1-c1cc2c3c(cccc3n1)C=C2. The van der Waals surface area contributed by atoms with Gasteiger partial charge in [-0.1, -0.05) is 60.0 Å². The van der Waals surface area contributed by atoms with Gasteiger partial charge in [0.05, 0.1) is 11.1 Å². The summed E-state index contributed by atoms with van der Waals surface area (Å²) in [6, 6.07) is 28.2. The van der Waals surface area contributed by atoms with Gasteiger partial charge in [-0.25, -0.2) is 4.98 Å². The fourth-order valence-corrected chi connectivity index (χ4v) is 4.70. The summed E-state index contributed by atoms with van der Waals surface area (Å²) >= 11 is 0. The third-order valence-corrected chi connectivity index (χ3v) is 6.60. The summed E-state index contributed by atoms with van der Waals surface area (Å²) in [5.41, 5.74) is 7.19. The Kier molecular flexibility index (Phi) is 6.28. The normalized spacial score (nSPS) is 11.9. The summed E-state index contributed by atoms with van der Waals surface area (Å²) in [6.07, 6.45) is 5.61. The Morgan fingerprint density at radius 1 is 0.833 bits per heavy atom. The minimum Gasteiger partial charge on any atom is -0.500 e. The maximum absolute atomic E-state index is 10.3. The van der Waals surface area contributed by atoms with Crippen LogP contribution in [0.15, 0.2) is 94.5 Å². The van der Waals surface area contributed by atoms with Crippen LogP contribution in [-0.4, -0.2) is 22.9 Å². The van der Waals surface area contributed by atoms with Crippen molar-refractivity contribution in [2.24, 2.45) is 0 Å². The van der Waals surface area contributed by atoms with Crippen LogP contribution in [0.1, 0.15) is 11.1 Å². The van der Waals surface area contributed by atoms with Gasteiger partial charge in [0.25, 0.3) is 0 Å². The molecule has 0 fully saturated rings. The molecule has 0 spiro atoms. The molecule has 0 bridgehead atoms. The molecule has 6 nitrogen and oxygen atoms in total. The number of para-hydroxylation sites is 1. The third kappa shape index (κ3) is 4.36. The third-order valence-electron chi connectivity index (χ3n) is 5.83. The standard InChI is InChI=1S/C23H12NO.C5H5NO3S.Ir/c1-2-7-21-17(5-1)18-12-15(10-11-22(18)25-21)20-13-16-9-8-14-4-3-6-19(24-20)23(14)16;7-10(8,9)5-3-1-2-4-6-5;/h1-9,11-13H;1-4H,(H,7,8,9);/q-1;;. The maximum atomic E-state index is 10.3. The summed E-state index contributed by atoms with van der Waals surface area (Å²) in [6.45, 7) is 0. The van der Waals surface area contributed by atoms with E-state index in [-0.39, 0.29) is 25.1 Å². The van der Waals surface area contributed by atoms with Gasteiger partial charge in [0, 0.05) is 37.1 Å². The monoisotopic (exact) mass is 670 g/mol. The number of benzene rings is 3. The molecule has 3 aromatic heterocycles. The Bertz CT molecular complexity index is 1880. The Hall–Kier alpha value is -3.68. The number of aromatic nitrogens is 2. The van der Waals surface area contributed by atoms with Gasteiger partial charge < -0.3 is 4.42 Å². The molecule has 7 rings (SSSR count). The molecule has 1 aliphatic rings. The van der Waals surface area contributed by atoms with Crippen LogP contribution >= 0.6 is 0 Å². The predicted molar refractivity (Wildman–Crippen MR) is 136 cm³/mol. The van der Waals surface area contributed by atoms with Crippen LogP contribution in [0.25, 0.3) is 56.3 Å². The fraction of sp³-hybridized carbons (Fsp3) is 0. The Morgan fingerprint density at radius 3 is 2.42 bits per heavy atom. The van der Waals surface area contributed by atoms with Gasteiger partial charge in [0.2, 0.25) is 0 Å². The van der Waals surface area contributed by atoms with Crippen LogP contribution in [0.2, 0.25) is 0 Å². The molecular formula is C28H17IrN2O4S-. The molecule has 8 heteroatoms. The van der Waals surface area contributed by atoms with E-state index in [2.05, 4.69) is 59.6 Å². The van der Waals surface area contributed by atoms with Crippen LogP contribution in [-0.2, 0) is 30.2 Å². The van der Waals surface area contributed by atoms with Gasteiger partial charge in [-0.15, -0.1) is 23.8 Å². The van der Waals surface area contributed by atoms with Gasteiger partial charge in [0.1, 0.15) is 5.58 Å². The number of pyridine rings is 2. The molecule has 1 radical (unpaired) electrons. The molecule has 1 aliphatic carbocycles. The van der Waals surface area contributed by atoms with Crippen molar-refractivity contribution in [3.8, 4) is 11.3 Å². The average molecular weight is 670 g/mol. The van der Waals surface area contributed by atoms with Crippen LogP contribution in [0.4, 0.5) is 0 Å². The molecule has 0 saturated carbocycles. The number of furan rings is 1. The zero-order chi connectivity index (χ0) is 24.0. The number of rotatable bonds is 2. The molecule has 0 amide bonds. The molecule has 3 aromatic carbocycles. The van der Waals surface area contributed by atoms with Crippen molar-refractivity contribution < 1.29 is 37.5 Å². The van der Waals surface area contributed by atoms with Crippen LogP contribution in [0.3, 0.4) is 0 Å². The molecule has 6 aromatic rings. The van der Waals surface area contributed by atoms with Crippen molar-refractivity contribution in [1.82, 2.24) is 9.97 Å². The first-order chi connectivity index (χ1) is 17.0. The molecule has 36 heavy (non-hydrogen) atoms. The van der Waals surface area contributed by atoms with E-state index >= 15 is 0 Å². The van der Waals surface area contributed by atoms with Crippen LogP contribution < -0.4 is 0 Å². The van der Waals surface area contributed by atoms with Crippen LogP contribution in [0.5, 0.6) is 0 Å². The second-order valence-electron chi connectivity index (χ2n) is 8.04. The summed E-state index contributed by atoms with van der Waals surface area (Å²) < 4.78 is 35.0. The van der Waals surface area contributed by atoms with Gasteiger partial charge in [0.15, 0.2) is 5.03 Å². The molecule has 0 aliphatic heterocycles. The summed E-state index contributed by atoms with van der Waals surface area (Å²) in [5, 5.41) is 3.14. The minimum atomic E-state index is -4.11. The van der Waals surface area contributed by atoms with Crippen LogP contribution in [0, 0.1) is 6.07 Å². The zero-order valence-electron chi connectivity index (χ0n) is 18.5. The summed E-state index contributed by atoms with van der Waals surface area (Å²) in [7, 11) is -4.11. The number of hydrogen-bond acceptors (Lipinski definition) is 5. The van der Waals surface area contributed by atoms with E-state index in [0.717, 1.165) is 38.7 Å². The fourth-order valence-electron chi connectivity index (χ4n) is 4.25. The van der Waals surface area contributed by atoms with E-state index < -0.39 is 10.1 Å². The second-order valence-corrected chi connectivity index (χ2v) is 9.41. The Balaban J connectivity index is 0.000000207. The largest absolute Gasteiger partial charge is 0.500 e. The van der Waals surface area contributed by atoms with Gasteiger partial charge in [-0.05, 0) is 41.1 Å². The van der Waals surface area contributed by atoms with Gasteiger partial charge in [-0.2, -0.15) is 8.42 Å². The summed E-state index contributed by atoms with van der Waals surface area (Å²) in [5.74, 6) is 0. The van der Waals surface area contributed by atoms with Crippen molar-refractivity contribution in [1.29, 1.82) is 0 Å². The zero-order valence-corrected chi connectivity index (χ0v) is 21.8. The van der Waals surface area contributed by atoms with Crippen molar-refractivity contribution in [3.63, 3.8) is 0 Å². The topological polar surface area (TPSA) is 93.3 Å². The quantitative estimate of drug-likeness (QED) is 0.169. The first-order valence-electron chi connectivity index (χ1n) is 10.8. The van der Waals surface area contributed by atoms with Crippen molar-refractivity contribution >= 4 is 55.1 Å². The van der Waals surface area contributed by atoms with Crippen molar-refractivity contribution in [2.45, 2.75) is 5.03 Å². The van der Waals surface area contributed by atoms with E-state index in [0.29, 0.717) is 0 Å². The van der Waals surface area contributed by atoms with E-state index in [1.165, 1.54) is 34.8 Å². The summed E-state index contributed by atoms with van der Waals surface area (Å²) in [4.78, 5) is 8.29. The van der Waals surface area contributed by atoms with E-state index in [9.17, 15) is 8.42 Å². The molecular weight excluding hydrogens is 653 g/mol. The van der Waals surface area contributed by atoms with Crippen molar-refractivity contribution in [2.75, 3.05) is 0 Å². The minimum absolute atomic E-state index is 0. The molecule has 0 atom stereocenters. The molecule has 179 valence electrons. The first kappa shape index (κ1) is 24.0. The first-order valence-corrected chi connectivity index (χ1v) is 12.3. The molecule has 0 saturated heterocycles. The molecule has 1 N–H and O–H groups in total. The van der Waals surface area contributed by atoms with E-state index in [1.807, 2.05) is 24.3 Å². The van der Waals surface area contributed by atoms with E-state index in [1.54, 1.807) is 6.07 Å². The van der Waals surface area contributed by atoms with E-state index in [4.69, 9.17) is 14.0 Å². The second kappa shape index (κ2) is 9.41. The Morgan fingerprint density at radius 2 is 1.64 bits per heavy atom. The Labute approximate surface area is 220 Å². The van der Waals surface area contributed by atoms with Gasteiger partial charge in [-0.3, -0.25) is 9.54 Å². The number of nitrogens with zero attached hydrogens (tertiary/aromatic N) is 2. The maximum Gasteiger partial charge on any atom is 0.312 e.